The second kappa shape index (κ2) is 7.65. The first kappa shape index (κ1) is 18.1. The summed E-state index contributed by atoms with van der Waals surface area (Å²) in [7, 11) is 0. The number of hydrogen-bond donors (Lipinski definition) is 0. The van der Waals surface area contributed by atoms with E-state index in [0.29, 0.717) is 12.5 Å². The third kappa shape index (κ3) is 4.88. The molecule has 2 heterocycles. The fourth-order valence-corrected chi connectivity index (χ4v) is 3.35. The lowest BCUT2D eigenvalue weighted by atomic mass is 9.97. The molecule has 0 spiro atoms. The van der Waals surface area contributed by atoms with Crippen LogP contribution in [0.3, 0.4) is 0 Å². The summed E-state index contributed by atoms with van der Waals surface area (Å²) in [5.41, 5.74) is 1.60. The van der Waals surface area contributed by atoms with Crippen LogP contribution >= 0.6 is 0 Å². The average Bonchev–Trinajstić information content (AvgIpc) is 2.97. The second-order valence-corrected chi connectivity index (χ2v) is 7.87. The minimum atomic E-state index is -0.479. The predicted molar refractivity (Wildman–Crippen MR) is 97.4 cm³/mol. The minimum Gasteiger partial charge on any atom is -0.494 e. The van der Waals surface area contributed by atoms with E-state index < -0.39 is 5.60 Å². The molecule has 1 aromatic rings. The summed E-state index contributed by atoms with van der Waals surface area (Å²) in [6.45, 7) is 8.81. The first-order valence-corrected chi connectivity index (χ1v) is 9.26. The SMILES string of the molecule is CC(C)(C)OC(=O)N1CCc2cc(OCCC3CCOCC3)ccc21. The maximum Gasteiger partial charge on any atom is 0.414 e. The molecule has 2 aliphatic rings. The van der Waals surface area contributed by atoms with Crippen LogP contribution in [0.2, 0.25) is 0 Å². The van der Waals surface area contributed by atoms with Gasteiger partial charge in [0, 0.05) is 19.8 Å². The zero-order valence-electron chi connectivity index (χ0n) is 15.5. The Balaban J connectivity index is 1.55. The van der Waals surface area contributed by atoms with Gasteiger partial charge in [0.25, 0.3) is 0 Å². The van der Waals surface area contributed by atoms with E-state index in [0.717, 1.165) is 62.5 Å². The summed E-state index contributed by atoms with van der Waals surface area (Å²) >= 11 is 0. The van der Waals surface area contributed by atoms with Crippen LogP contribution in [-0.2, 0) is 15.9 Å². The Hall–Kier alpha value is -1.75. The van der Waals surface area contributed by atoms with Gasteiger partial charge in [0.1, 0.15) is 11.4 Å². The molecule has 1 saturated heterocycles. The summed E-state index contributed by atoms with van der Waals surface area (Å²) < 4.78 is 16.8. The Bertz CT molecular complexity index is 602. The van der Waals surface area contributed by atoms with Crippen molar-refractivity contribution in [2.45, 2.75) is 52.1 Å². The van der Waals surface area contributed by atoms with Gasteiger partial charge in [-0.2, -0.15) is 0 Å². The van der Waals surface area contributed by atoms with E-state index >= 15 is 0 Å². The van der Waals surface area contributed by atoms with Crippen molar-refractivity contribution < 1.29 is 19.0 Å². The standard InChI is InChI=1S/C20H29NO4/c1-20(2,3)25-19(22)21-10-6-16-14-17(4-5-18(16)21)24-13-9-15-7-11-23-12-8-15/h4-5,14-15H,6-13H2,1-3H3. The monoisotopic (exact) mass is 347 g/mol. The predicted octanol–water partition coefficient (Wildman–Crippen LogP) is 4.18. The van der Waals surface area contributed by atoms with Crippen LogP contribution in [0.5, 0.6) is 5.75 Å². The van der Waals surface area contributed by atoms with Crippen LogP contribution in [0.1, 0.15) is 45.6 Å². The van der Waals surface area contributed by atoms with Crippen LogP contribution in [0.25, 0.3) is 0 Å². The number of anilines is 1. The van der Waals surface area contributed by atoms with Crippen molar-refractivity contribution in [3.63, 3.8) is 0 Å². The number of benzene rings is 1. The van der Waals surface area contributed by atoms with E-state index in [-0.39, 0.29) is 6.09 Å². The highest BCUT2D eigenvalue weighted by atomic mass is 16.6. The van der Waals surface area contributed by atoms with Crippen molar-refractivity contribution in [2.75, 3.05) is 31.3 Å². The number of ether oxygens (including phenoxy) is 3. The summed E-state index contributed by atoms with van der Waals surface area (Å²) in [6, 6.07) is 5.98. The Morgan fingerprint density at radius 2 is 2.04 bits per heavy atom. The van der Waals surface area contributed by atoms with Gasteiger partial charge < -0.3 is 14.2 Å². The van der Waals surface area contributed by atoms with Crippen LogP contribution < -0.4 is 9.64 Å². The van der Waals surface area contributed by atoms with Gasteiger partial charge in [-0.15, -0.1) is 0 Å². The molecule has 0 N–H and O–H groups in total. The lowest BCUT2D eigenvalue weighted by Crippen LogP contribution is -2.35. The van der Waals surface area contributed by atoms with Crippen molar-refractivity contribution in [3.8, 4) is 5.75 Å². The van der Waals surface area contributed by atoms with E-state index in [1.165, 1.54) is 0 Å². The molecule has 5 heteroatoms. The molecule has 3 rings (SSSR count). The van der Waals surface area contributed by atoms with Crippen LogP contribution in [-0.4, -0.2) is 38.1 Å². The Morgan fingerprint density at radius 1 is 1.28 bits per heavy atom. The van der Waals surface area contributed by atoms with Gasteiger partial charge in [-0.3, -0.25) is 4.90 Å². The van der Waals surface area contributed by atoms with E-state index in [2.05, 4.69) is 6.07 Å². The van der Waals surface area contributed by atoms with Gasteiger partial charge >= 0.3 is 6.09 Å². The summed E-state index contributed by atoms with van der Waals surface area (Å²) in [5, 5.41) is 0. The van der Waals surface area contributed by atoms with Crippen molar-refractivity contribution >= 4 is 11.8 Å². The molecule has 5 nitrogen and oxygen atoms in total. The zero-order chi connectivity index (χ0) is 17.9. The smallest absolute Gasteiger partial charge is 0.414 e. The third-order valence-electron chi connectivity index (χ3n) is 4.70. The molecule has 0 atom stereocenters. The highest BCUT2D eigenvalue weighted by Crippen LogP contribution is 2.32. The molecular weight excluding hydrogens is 318 g/mol. The van der Waals surface area contributed by atoms with E-state index in [9.17, 15) is 4.79 Å². The zero-order valence-corrected chi connectivity index (χ0v) is 15.5. The van der Waals surface area contributed by atoms with Gasteiger partial charge in [0.2, 0.25) is 0 Å². The lowest BCUT2D eigenvalue weighted by Gasteiger charge is -2.25. The number of carbonyl (C=O) groups excluding carboxylic acids is 1. The highest BCUT2D eigenvalue weighted by Gasteiger charge is 2.29. The molecule has 2 aliphatic heterocycles. The first-order valence-electron chi connectivity index (χ1n) is 9.26. The summed E-state index contributed by atoms with van der Waals surface area (Å²) in [5.74, 6) is 1.60. The second-order valence-electron chi connectivity index (χ2n) is 7.87. The van der Waals surface area contributed by atoms with Gasteiger partial charge in [-0.25, -0.2) is 4.79 Å². The topological polar surface area (TPSA) is 48.0 Å². The maximum absolute atomic E-state index is 12.3. The molecule has 0 aliphatic carbocycles. The Labute approximate surface area is 150 Å². The highest BCUT2D eigenvalue weighted by molar-refractivity contribution is 5.90. The molecule has 1 aromatic carbocycles. The normalized spacial score (nSPS) is 18.1. The number of carbonyl (C=O) groups is 1. The molecular formula is C20H29NO4. The van der Waals surface area contributed by atoms with Gasteiger partial charge in [-0.05, 0) is 76.1 Å². The molecule has 0 bridgehead atoms. The van der Waals surface area contributed by atoms with Gasteiger partial charge in [-0.1, -0.05) is 0 Å². The molecule has 25 heavy (non-hydrogen) atoms. The quantitative estimate of drug-likeness (QED) is 0.820. The Morgan fingerprint density at radius 3 is 2.76 bits per heavy atom. The molecule has 0 unspecified atom stereocenters. The number of fused-ring (bicyclic) bond motifs is 1. The van der Waals surface area contributed by atoms with Gasteiger partial charge in [0.05, 0.1) is 12.3 Å². The fourth-order valence-electron chi connectivity index (χ4n) is 3.35. The fraction of sp³-hybridized carbons (Fsp3) is 0.650. The molecule has 0 saturated carbocycles. The van der Waals surface area contributed by atoms with E-state index in [1.807, 2.05) is 32.9 Å². The number of amides is 1. The largest absolute Gasteiger partial charge is 0.494 e. The van der Waals surface area contributed by atoms with Crippen molar-refractivity contribution in [3.05, 3.63) is 23.8 Å². The summed E-state index contributed by atoms with van der Waals surface area (Å²) in [6.07, 6.45) is 3.91. The first-order chi connectivity index (χ1) is 11.9. The van der Waals surface area contributed by atoms with Crippen molar-refractivity contribution in [2.24, 2.45) is 5.92 Å². The van der Waals surface area contributed by atoms with Crippen molar-refractivity contribution in [1.29, 1.82) is 0 Å². The lowest BCUT2D eigenvalue weighted by molar-refractivity contribution is 0.0582. The number of hydrogen-bond acceptors (Lipinski definition) is 4. The molecule has 138 valence electrons. The van der Waals surface area contributed by atoms with Crippen LogP contribution in [0, 0.1) is 5.92 Å². The number of nitrogens with zero attached hydrogens (tertiary/aromatic N) is 1. The molecule has 0 aromatic heterocycles. The van der Waals surface area contributed by atoms with Crippen LogP contribution in [0.4, 0.5) is 10.5 Å². The molecule has 1 fully saturated rings. The maximum atomic E-state index is 12.3. The van der Waals surface area contributed by atoms with Crippen LogP contribution in [0.15, 0.2) is 18.2 Å². The molecule has 1 amide bonds. The molecule has 0 radical (unpaired) electrons. The summed E-state index contributed by atoms with van der Waals surface area (Å²) in [4.78, 5) is 14.0. The van der Waals surface area contributed by atoms with Crippen molar-refractivity contribution in [1.82, 2.24) is 0 Å². The van der Waals surface area contributed by atoms with E-state index in [1.54, 1.807) is 4.90 Å². The van der Waals surface area contributed by atoms with Gasteiger partial charge in [0.15, 0.2) is 0 Å². The van der Waals surface area contributed by atoms with E-state index in [4.69, 9.17) is 14.2 Å². The number of rotatable bonds is 4. The minimum absolute atomic E-state index is 0.278. The third-order valence-corrected chi connectivity index (χ3v) is 4.70. The average molecular weight is 347 g/mol. The Kier molecular flexibility index (Phi) is 5.52.